The molecule has 7 atom stereocenters. The molecule has 2 bridgehead atoms. The number of fused-ring (bicyclic) bond motifs is 9. The van der Waals surface area contributed by atoms with Crippen LogP contribution < -0.4 is 4.87 Å². The highest BCUT2D eigenvalue weighted by Gasteiger charge is 2.69. The predicted molar refractivity (Wildman–Crippen MR) is 116 cm³/mol. The Labute approximate surface area is 191 Å². The third-order valence-corrected chi connectivity index (χ3v) is 10.2. The number of hydrogen-bond donors (Lipinski definition) is 2. The molecule has 32 heavy (non-hydrogen) atoms. The van der Waals surface area contributed by atoms with Gasteiger partial charge >= 0.3 is 10.8 Å². The topological polar surface area (TPSA) is 120 Å². The van der Waals surface area contributed by atoms with Crippen LogP contribution in [0.3, 0.4) is 0 Å². The summed E-state index contributed by atoms with van der Waals surface area (Å²) in [6, 6.07) is 3.92. The molecule has 8 nitrogen and oxygen atoms in total. The first-order valence-electron chi connectivity index (χ1n) is 10.8. The second-order valence-electron chi connectivity index (χ2n) is 9.07. The van der Waals surface area contributed by atoms with E-state index in [0.717, 1.165) is 21.9 Å². The van der Waals surface area contributed by atoms with Gasteiger partial charge in [-0.1, -0.05) is 17.4 Å². The standard InChI is InChI=1S/C22H21N3O5S2/c26-12(27)4-2-6-25-20(28)15-10-7-11(16(15)21(25)29)17-14(10)13(9-3-1-5-23-8-9)18-19(31-17)24-22(30)32-18/h1,3,5,8,10-11,13-17H,2,4,6-7H2,(H,24,30)(H,26,27)/t10-,11-,13+,14-,15-,16+,17-/m1/s1. The lowest BCUT2D eigenvalue weighted by molar-refractivity contribution is -0.142. The third-order valence-electron chi connectivity index (χ3n) is 7.63. The van der Waals surface area contributed by atoms with E-state index in [9.17, 15) is 19.2 Å². The van der Waals surface area contributed by atoms with Crippen molar-refractivity contribution >= 4 is 40.9 Å². The van der Waals surface area contributed by atoms with Gasteiger partial charge in [0, 0.05) is 41.4 Å². The number of hydrogen-bond acceptors (Lipinski definition) is 7. The molecule has 10 heteroatoms. The summed E-state index contributed by atoms with van der Waals surface area (Å²) in [5.41, 5.74) is 1.04. The number of nitrogens with zero attached hydrogens (tertiary/aromatic N) is 2. The van der Waals surface area contributed by atoms with Gasteiger partial charge in [-0.25, -0.2) is 0 Å². The summed E-state index contributed by atoms with van der Waals surface area (Å²) in [6.07, 6.45) is 4.63. The van der Waals surface area contributed by atoms with E-state index in [-0.39, 0.29) is 76.8 Å². The average molecular weight is 472 g/mol. The molecule has 0 spiro atoms. The number of aliphatic carboxylic acids is 1. The fourth-order valence-electron chi connectivity index (χ4n) is 6.62. The van der Waals surface area contributed by atoms with Gasteiger partial charge in [-0.05, 0) is 42.2 Å². The minimum atomic E-state index is -0.925. The van der Waals surface area contributed by atoms with Gasteiger partial charge in [0.05, 0.1) is 16.9 Å². The second-order valence-corrected chi connectivity index (χ2v) is 11.3. The maximum Gasteiger partial charge on any atom is 0.305 e. The van der Waals surface area contributed by atoms with Crippen molar-refractivity contribution in [2.75, 3.05) is 6.54 Å². The second kappa shape index (κ2) is 7.28. The van der Waals surface area contributed by atoms with Gasteiger partial charge < -0.3 is 10.1 Å². The maximum atomic E-state index is 13.3. The molecule has 2 aromatic rings. The summed E-state index contributed by atoms with van der Waals surface area (Å²) >= 11 is 2.89. The summed E-state index contributed by atoms with van der Waals surface area (Å²) in [4.78, 5) is 59.1. The number of aromatic nitrogens is 2. The van der Waals surface area contributed by atoms with E-state index < -0.39 is 5.97 Å². The average Bonchev–Trinajstić information content (AvgIpc) is 3.49. The number of imide groups is 1. The molecule has 0 radical (unpaired) electrons. The van der Waals surface area contributed by atoms with Gasteiger partial charge in [0.1, 0.15) is 0 Å². The Kier molecular flexibility index (Phi) is 4.59. The number of likely N-dealkylation sites (tertiary alicyclic amines) is 1. The Hall–Kier alpha value is -2.46. The van der Waals surface area contributed by atoms with Crippen molar-refractivity contribution < 1.29 is 19.5 Å². The highest BCUT2D eigenvalue weighted by molar-refractivity contribution is 8.00. The maximum absolute atomic E-state index is 13.3. The van der Waals surface area contributed by atoms with E-state index in [2.05, 4.69) is 9.97 Å². The first kappa shape index (κ1) is 20.2. The smallest absolute Gasteiger partial charge is 0.305 e. The Bertz CT molecular complexity index is 1180. The monoisotopic (exact) mass is 471 g/mol. The highest BCUT2D eigenvalue weighted by Crippen LogP contribution is 2.68. The number of carboxylic acids is 1. The Morgan fingerprint density at radius 3 is 2.72 bits per heavy atom. The summed E-state index contributed by atoms with van der Waals surface area (Å²) in [5.74, 6) is -1.58. The number of pyridine rings is 1. The van der Waals surface area contributed by atoms with E-state index in [1.54, 1.807) is 18.0 Å². The molecule has 3 fully saturated rings. The Morgan fingerprint density at radius 1 is 1.22 bits per heavy atom. The van der Waals surface area contributed by atoms with Crippen LogP contribution in [0.15, 0.2) is 34.3 Å². The van der Waals surface area contributed by atoms with Crippen molar-refractivity contribution in [3.8, 4) is 0 Å². The van der Waals surface area contributed by atoms with Crippen molar-refractivity contribution in [2.24, 2.45) is 29.6 Å². The minimum Gasteiger partial charge on any atom is -0.481 e. The van der Waals surface area contributed by atoms with E-state index in [4.69, 9.17) is 5.11 Å². The number of carbonyl (C=O) groups excluding carboxylic acids is 2. The van der Waals surface area contributed by atoms with Crippen molar-refractivity contribution in [1.29, 1.82) is 0 Å². The molecule has 2 aliphatic heterocycles. The molecular formula is C22H21N3O5S2. The molecule has 6 rings (SSSR count). The molecule has 2 amide bonds. The van der Waals surface area contributed by atoms with E-state index >= 15 is 0 Å². The number of carbonyl (C=O) groups is 3. The molecule has 2 aliphatic carbocycles. The van der Waals surface area contributed by atoms with Crippen LogP contribution in [0, 0.1) is 29.6 Å². The van der Waals surface area contributed by atoms with Crippen LogP contribution in [0.1, 0.15) is 35.6 Å². The molecule has 0 unspecified atom stereocenters. The summed E-state index contributed by atoms with van der Waals surface area (Å²) in [7, 11) is 0. The zero-order chi connectivity index (χ0) is 22.1. The quantitative estimate of drug-likeness (QED) is 0.641. The fraction of sp³-hybridized carbons (Fsp3) is 0.500. The van der Waals surface area contributed by atoms with Crippen molar-refractivity contribution in [2.45, 2.75) is 35.5 Å². The molecule has 2 N–H and O–H groups in total. The molecule has 1 saturated heterocycles. The van der Waals surface area contributed by atoms with Crippen LogP contribution in [-0.2, 0) is 14.4 Å². The van der Waals surface area contributed by atoms with Crippen LogP contribution in [0.4, 0.5) is 0 Å². The van der Waals surface area contributed by atoms with Gasteiger partial charge in [0.2, 0.25) is 11.8 Å². The van der Waals surface area contributed by atoms with Gasteiger partial charge in [0.15, 0.2) is 0 Å². The molecule has 0 aromatic carbocycles. The number of thiazole rings is 1. The fourth-order valence-corrected chi connectivity index (χ4v) is 9.51. The molecule has 4 aliphatic rings. The first-order valence-corrected chi connectivity index (χ1v) is 12.5. The van der Waals surface area contributed by atoms with Crippen LogP contribution >= 0.6 is 23.1 Å². The molecule has 166 valence electrons. The van der Waals surface area contributed by atoms with E-state index in [0.29, 0.717) is 0 Å². The van der Waals surface area contributed by atoms with Gasteiger partial charge in [-0.2, -0.15) is 0 Å². The molecule has 2 aromatic heterocycles. The number of nitrogens with one attached hydrogen (secondary N) is 1. The van der Waals surface area contributed by atoms with E-state index in [1.165, 1.54) is 16.2 Å². The highest BCUT2D eigenvalue weighted by atomic mass is 32.2. The van der Waals surface area contributed by atoms with Gasteiger partial charge in [0.25, 0.3) is 0 Å². The third kappa shape index (κ3) is 2.78. The number of thioether (sulfide) groups is 1. The molecular weight excluding hydrogens is 450 g/mol. The lowest BCUT2D eigenvalue weighted by Crippen LogP contribution is -2.42. The van der Waals surface area contributed by atoms with Crippen LogP contribution in [-0.4, -0.2) is 49.6 Å². The molecule has 2 saturated carbocycles. The SMILES string of the molecule is O=C(O)CCCN1C(=O)[C@@H]2[C@@H]3C[C@@H]([C@H]4Sc5[nH]c(=O)sc5[C@@H](c5cccnc5)[C@@H]34)[C@@H]2C1=O. The number of rotatable bonds is 5. The summed E-state index contributed by atoms with van der Waals surface area (Å²) in [6.45, 7) is 0.172. The first-order chi connectivity index (χ1) is 15.5. The summed E-state index contributed by atoms with van der Waals surface area (Å²) in [5, 5.41) is 9.95. The molecule has 4 heterocycles. The minimum absolute atomic E-state index is 0.0196. The van der Waals surface area contributed by atoms with E-state index in [1.807, 2.05) is 18.3 Å². The largest absolute Gasteiger partial charge is 0.481 e. The van der Waals surface area contributed by atoms with Crippen molar-refractivity contribution in [1.82, 2.24) is 14.9 Å². The van der Waals surface area contributed by atoms with Crippen molar-refractivity contribution in [3.05, 3.63) is 44.6 Å². The number of amides is 2. The van der Waals surface area contributed by atoms with Crippen LogP contribution in [0.2, 0.25) is 0 Å². The van der Waals surface area contributed by atoms with Crippen molar-refractivity contribution in [3.63, 3.8) is 0 Å². The van der Waals surface area contributed by atoms with Gasteiger partial charge in [-0.15, -0.1) is 11.8 Å². The number of aromatic amines is 1. The Balaban J connectivity index is 1.37. The number of H-pyrrole nitrogens is 1. The zero-order valence-electron chi connectivity index (χ0n) is 17.0. The Morgan fingerprint density at radius 2 is 2.00 bits per heavy atom. The van der Waals surface area contributed by atoms with Gasteiger partial charge in [-0.3, -0.25) is 29.1 Å². The number of carboxylic acid groups (broad SMARTS) is 1. The normalized spacial score (nSPS) is 34.5. The van der Waals surface area contributed by atoms with Crippen LogP contribution in [0.25, 0.3) is 0 Å². The lowest BCUT2D eigenvalue weighted by atomic mass is 9.68. The lowest BCUT2D eigenvalue weighted by Gasteiger charge is -2.42. The predicted octanol–water partition coefficient (Wildman–Crippen LogP) is 2.17. The van der Waals surface area contributed by atoms with Crippen LogP contribution in [0.5, 0.6) is 0 Å². The zero-order valence-corrected chi connectivity index (χ0v) is 18.6. The summed E-state index contributed by atoms with van der Waals surface area (Å²) < 4.78 is 0.